The molecule has 13 heavy (non-hydrogen) atoms. The van der Waals surface area contributed by atoms with Crippen molar-refractivity contribution in [3.05, 3.63) is 32.4 Å². The predicted octanol–water partition coefficient (Wildman–Crippen LogP) is 3.18. The van der Waals surface area contributed by atoms with E-state index in [0.717, 1.165) is 24.6 Å². The normalized spacial score (nSPS) is 10.6. The summed E-state index contributed by atoms with van der Waals surface area (Å²) in [6.07, 6.45) is 1.78. The Bertz CT molecular complexity index is 465. The number of nitrogens with two attached hydrogens (primary N) is 1. The first-order valence-electron chi connectivity index (χ1n) is 3.68. The second-order valence-corrected chi connectivity index (χ2v) is 4.76. The quantitative estimate of drug-likeness (QED) is 0.742. The number of nitrogen functional groups attached to an aromatic ring is 1. The van der Waals surface area contributed by atoms with Gasteiger partial charge in [-0.1, -0.05) is 15.9 Å². The highest BCUT2D eigenvalue weighted by molar-refractivity contribution is 14.1. The van der Waals surface area contributed by atoms with E-state index in [1.165, 1.54) is 0 Å². The molecular formula is C9H6BrIN2. The zero-order valence-electron chi connectivity index (χ0n) is 6.59. The molecule has 0 aliphatic heterocycles. The summed E-state index contributed by atoms with van der Waals surface area (Å²) in [5, 5.41) is 1.00. The van der Waals surface area contributed by atoms with E-state index in [1.807, 2.05) is 18.2 Å². The van der Waals surface area contributed by atoms with Gasteiger partial charge in [-0.2, -0.15) is 0 Å². The van der Waals surface area contributed by atoms with E-state index in [2.05, 4.69) is 43.5 Å². The highest BCUT2D eigenvalue weighted by atomic mass is 127. The third-order valence-electron chi connectivity index (χ3n) is 1.82. The molecule has 1 aromatic carbocycles. The number of fused-ring (bicyclic) bond motifs is 1. The molecule has 0 saturated heterocycles. The SMILES string of the molecule is Nc1c(I)cnc2ccc(Br)cc12. The first kappa shape index (κ1) is 9.21. The molecular weight excluding hydrogens is 343 g/mol. The Balaban J connectivity index is 2.89. The van der Waals surface area contributed by atoms with Crippen LogP contribution in [0.5, 0.6) is 0 Å². The molecule has 0 bridgehead atoms. The summed E-state index contributed by atoms with van der Waals surface area (Å²) >= 11 is 5.59. The van der Waals surface area contributed by atoms with Gasteiger partial charge in [0.15, 0.2) is 0 Å². The fraction of sp³-hybridized carbons (Fsp3) is 0. The van der Waals surface area contributed by atoms with Gasteiger partial charge in [-0.15, -0.1) is 0 Å². The Kier molecular flexibility index (Phi) is 2.42. The molecule has 2 nitrogen and oxygen atoms in total. The van der Waals surface area contributed by atoms with Crippen LogP contribution in [-0.4, -0.2) is 4.98 Å². The fourth-order valence-corrected chi connectivity index (χ4v) is 1.95. The van der Waals surface area contributed by atoms with Crippen molar-refractivity contribution in [1.82, 2.24) is 4.98 Å². The Morgan fingerprint density at radius 1 is 1.38 bits per heavy atom. The maximum atomic E-state index is 5.92. The molecule has 2 aromatic rings. The predicted molar refractivity (Wildman–Crippen MR) is 66.6 cm³/mol. The molecule has 0 unspecified atom stereocenters. The van der Waals surface area contributed by atoms with Gasteiger partial charge in [-0.25, -0.2) is 0 Å². The number of hydrogen-bond donors (Lipinski definition) is 1. The molecule has 4 heteroatoms. The van der Waals surface area contributed by atoms with Gasteiger partial charge in [0.25, 0.3) is 0 Å². The minimum Gasteiger partial charge on any atom is -0.397 e. The molecule has 2 rings (SSSR count). The summed E-state index contributed by atoms with van der Waals surface area (Å²) in [6, 6.07) is 5.90. The van der Waals surface area contributed by atoms with E-state index >= 15 is 0 Å². The van der Waals surface area contributed by atoms with Crippen LogP contribution in [0.4, 0.5) is 5.69 Å². The minimum atomic E-state index is 0.798. The van der Waals surface area contributed by atoms with Gasteiger partial charge in [0, 0.05) is 16.1 Å². The molecule has 0 radical (unpaired) electrons. The number of hydrogen-bond acceptors (Lipinski definition) is 2. The second-order valence-electron chi connectivity index (χ2n) is 2.68. The lowest BCUT2D eigenvalue weighted by Gasteiger charge is -2.03. The summed E-state index contributed by atoms with van der Waals surface area (Å²) in [7, 11) is 0. The van der Waals surface area contributed by atoms with Gasteiger partial charge >= 0.3 is 0 Å². The van der Waals surface area contributed by atoms with Gasteiger partial charge in [0.2, 0.25) is 0 Å². The number of benzene rings is 1. The highest BCUT2D eigenvalue weighted by Crippen LogP contribution is 2.26. The average Bonchev–Trinajstić information content (AvgIpc) is 2.12. The number of anilines is 1. The van der Waals surface area contributed by atoms with Crippen LogP contribution >= 0.6 is 38.5 Å². The number of rotatable bonds is 0. The van der Waals surface area contributed by atoms with E-state index in [-0.39, 0.29) is 0 Å². The summed E-state index contributed by atoms with van der Waals surface area (Å²) in [4.78, 5) is 4.27. The minimum absolute atomic E-state index is 0.798. The molecule has 1 aromatic heterocycles. The van der Waals surface area contributed by atoms with Gasteiger partial charge in [0.1, 0.15) is 0 Å². The zero-order valence-corrected chi connectivity index (χ0v) is 10.3. The summed E-state index contributed by atoms with van der Waals surface area (Å²) in [5.41, 5.74) is 7.65. The van der Waals surface area contributed by atoms with Crippen LogP contribution in [0.1, 0.15) is 0 Å². The van der Waals surface area contributed by atoms with Crippen molar-refractivity contribution < 1.29 is 0 Å². The Hall–Kier alpha value is -0.360. The van der Waals surface area contributed by atoms with Crippen molar-refractivity contribution in [2.45, 2.75) is 0 Å². The lowest BCUT2D eigenvalue weighted by molar-refractivity contribution is 1.39. The van der Waals surface area contributed by atoms with E-state index < -0.39 is 0 Å². The van der Waals surface area contributed by atoms with Crippen molar-refractivity contribution in [1.29, 1.82) is 0 Å². The summed E-state index contributed by atoms with van der Waals surface area (Å²) in [5.74, 6) is 0. The second kappa shape index (κ2) is 3.42. The molecule has 0 fully saturated rings. The van der Waals surface area contributed by atoms with Crippen LogP contribution in [-0.2, 0) is 0 Å². The summed E-state index contributed by atoms with van der Waals surface area (Å²) in [6.45, 7) is 0. The molecule has 0 aliphatic carbocycles. The van der Waals surface area contributed by atoms with E-state index in [0.29, 0.717) is 0 Å². The molecule has 2 N–H and O–H groups in total. The maximum absolute atomic E-state index is 5.92. The van der Waals surface area contributed by atoms with Crippen LogP contribution < -0.4 is 5.73 Å². The van der Waals surface area contributed by atoms with Crippen molar-refractivity contribution in [2.24, 2.45) is 0 Å². The van der Waals surface area contributed by atoms with Crippen molar-refractivity contribution in [3.63, 3.8) is 0 Å². The van der Waals surface area contributed by atoms with Gasteiger partial charge in [-0.3, -0.25) is 4.98 Å². The van der Waals surface area contributed by atoms with Gasteiger partial charge in [-0.05, 0) is 40.8 Å². The number of nitrogens with zero attached hydrogens (tertiary/aromatic N) is 1. The highest BCUT2D eigenvalue weighted by Gasteiger charge is 2.03. The fourth-order valence-electron chi connectivity index (χ4n) is 1.16. The smallest absolute Gasteiger partial charge is 0.0724 e. The molecule has 0 amide bonds. The third kappa shape index (κ3) is 1.65. The van der Waals surface area contributed by atoms with Crippen LogP contribution in [0.25, 0.3) is 10.9 Å². The number of aromatic nitrogens is 1. The first-order valence-corrected chi connectivity index (χ1v) is 5.55. The average molecular weight is 349 g/mol. The Morgan fingerprint density at radius 2 is 2.15 bits per heavy atom. The third-order valence-corrected chi connectivity index (χ3v) is 3.18. The zero-order chi connectivity index (χ0) is 9.42. The van der Waals surface area contributed by atoms with Crippen LogP contribution in [0.3, 0.4) is 0 Å². The van der Waals surface area contributed by atoms with Crippen molar-refractivity contribution >= 4 is 55.1 Å². The van der Waals surface area contributed by atoms with Gasteiger partial charge < -0.3 is 5.73 Å². The summed E-state index contributed by atoms with van der Waals surface area (Å²) < 4.78 is 2.01. The van der Waals surface area contributed by atoms with Crippen molar-refractivity contribution in [3.8, 4) is 0 Å². The van der Waals surface area contributed by atoms with Crippen LogP contribution in [0.15, 0.2) is 28.9 Å². The Labute approximate surface area is 97.8 Å². The number of pyridine rings is 1. The van der Waals surface area contributed by atoms with Crippen molar-refractivity contribution in [2.75, 3.05) is 5.73 Å². The molecule has 0 saturated carbocycles. The molecule has 66 valence electrons. The molecule has 0 aliphatic rings. The lowest BCUT2D eigenvalue weighted by Crippen LogP contribution is -1.92. The van der Waals surface area contributed by atoms with Crippen LogP contribution in [0, 0.1) is 3.57 Å². The largest absolute Gasteiger partial charge is 0.397 e. The van der Waals surface area contributed by atoms with Crippen LogP contribution in [0.2, 0.25) is 0 Å². The van der Waals surface area contributed by atoms with E-state index in [4.69, 9.17) is 5.73 Å². The monoisotopic (exact) mass is 348 g/mol. The van der Waals surface area contributed by atoms with E-state index in [1.54, 1.807) is 6.20 Å². The number of halogens is 2. The topological polar surface area (TPSA) is 38.9 Å². The Morgan fingerprint density at radius 3 is 2.92 bits per heavy atom. The van der Waals surface area contributed by atoms with E-state index in [9.17, 15) is 0 Å². The van der Waals surface area contributed by atoms with Gasteiger partial charge in [0.05, 0.1) is 14.8 Å². The lowest BCUT2D eigenvalue weighted by atomic mass is 10.2. The molecule has 0 atom stereocenters. The first-order chi connectivity index (χ1) is 6.18. The molecule has 1 heterocycles. The maximum Gasteiger partial charge on any atom is 0.0724 e. The molecule has 0 spiro atoms. The standard InChI is InChI=1S/C9H6BrIN2/c10-5-1-2-8-6(3-5)9(12)7(11)4-13-8/h1-4H,(H2,12,13).